The number of carbonyl (C=O) groups excluding carboxylic acids is 2. The Kier molecular flexibility index (Phi) is 16.5. The van der Waals surface area contributed by atoms with E-state index >= 15 is 0 Å². The van der Waals surface area contributed by atoms with Crippen LogP contribution < -0.4 is 10.6 Å². The standard InChI is InChI=1S/C19H38N2O2/c1-3-5-10-14-18(22)20-16-12-8-7-9-13-17-21-19(23)15-11-6-4-2/h3-17H2,1-2H3,(H,20,22)(H,21,23). The quantitative estimate of drug-likeness (QED) is 0.415. The van der Waals surface area contributed by atoms with Crippen LogP contribution in [0, 0.1) is 0 Å². The van der Waals surface area contributed by atoms with Crippen LogP contribution in [0.25, 0.3) is 0 Å². The first-order chi connectivity index (χ1) is 11.2. The first kappa shape index (κ1) is 21.9. The molecule has 0 aliphatic rings. The molecule has 0 aromatic carbocycles. The van der Waals surface area contributed by atoms with Gasteiger partial charge in [0.1, 0.15) is 0 Å². The largest absolute Gasteiger partial charge is 0.356 e. The van der Waals surface area contributed by atoms with Gasteiger partial charge in [0.25, 0.3) is 0 Å². The van der Waals surface area contributed by atoms with Gasteiger partial charge in [-0.3, -0.25) is 9.59 Å². The maximum Gasteiger partial charge on any atom is 0.219 e. The van der Waals surface area contributed by atoms with Crippen molar-refractivity contribution < 1.29 is 9.59 Å². The van der Waals surface area contributed by atoms with E-state index in [1.165, 1.54) is 6.42 Å². The predicted molar refractivity (Wildman–Crippen MR) is 97.4 cm³/mol. The second-order valence-corrected chi connectivity index (χ2v) is 6.38. The minimum Gasteiger partial charge on any atom is -0.356 e. The molecule has 0 aromatic rings. The van der Waals surface area contributed by atoms with Gasteiger partial charge in [0.2, 0.25) is 11.8 Å². The molecule has 4 heteroatoms. The molecule has 0 heterocycles. The highest BCUT2D eigenvalue weighted by atomic mass is 16.2. The molecule has 0 unspecified atom stereocenters. The van der Waals surface area contributed by atoms with Gasteiger partial charge in [0, 0.05) is 25.9 Å². The van der Waals surface area contributed by atoms with E-state index in [4.69, 9.17) is 0 Å². The third-order valence-electron chi connectivity index (χ3n) is 4.01. The number of unbranched alkanes of at least 4 members (excludes halogenated alkanes) is 8. The van der Waals surface area contributed by atoms with E-state index in [0.717, 1.165) is 77.3 Å². The second kappa shape index (κ2) is 17.3. The summed E-state index contributed by atoms with van der Waals surface area (Å²) in [5.74, 6) is 0.397. The van der Waals surface area contributed by atoms with Crippen LogP contribution in [0.3, 0.4) is 0 Å². The molecular formula is C19H38N2O2. The summed E-state index contributed by atoms with van der Waals surface area (Å²) in [6, 6.07) is 0. The van der Waals surface area contributed by atoms with Gasteiger partial charge in [0.15, 0.2) is 0 Å². The maximum absolute atomic E-state index is 11.5. The lowest BCUT2D eigenvalue weighted by Crippen LogP contribution is -2.24. The highest BCUT2D eigenvalue weighted by Crippen LogP contribution is 2.03. The van der Waals surface area contributed by atoms with Crippen molar-refractivity contribution >= 4 is 11.8 Å². The molecule has 0 saturated carbocycles. The zero-order valence-corrected chi connectivity index (χ0v) is 15.4. The molecule has 0 rings (SSSR count). The van der Waals surface area contributed by atoms with Crippen LogP contribution >= 0.6 is 0 Å². The summed E-state index contributed by atoms with van der Waals surface area (Å²) in [7, 11) is 0. The summed E-state index contributed by atoms with van der Waals surface area (Å²) < 4.78 is 0. The number of nitrogens with one attached hydrogen (secondary N) is 2. The van der Waals surface area contributed by atoms with Gasteiger partial charge in [-0.05, 0) is 25.7 Å². The van der Waals surface area contributed by atoms with Crippen molar-refractivity contribution in [3.8, 4) is 0 Å². The Bertz CT molecular complexity index is 265. The average molecular weight is 327 g/mol. The monoisotopic (exact) mass is 326 g/mol. The number of carbonyl (C=O) groups is 2. The van der Waals surface area contributed by atoms with Gasteiger partial charge in [-0.1, -0.05) is 58.8 Å². The van der Waals surface area contributed by atoms with Crippen LogP contribution in [0.1, 0.15) is 97.3 Å². The molecule has 0 aliphatic heterocycles. The van der Waals surface area contributed by atoms with Crippen LogP contribution in [0.4, 0.5) is 0 Å². The number of hydrogen-bond acceptors (Lipinski definition) is 2. The fraction of sp³-hybridized carbons (Fsp3) is 0.895. The van der Waals surface area contributed by atoms with Crippen LogP contribution in [0.15, 0.2) is 0 Å². The summed E-state index contributed by atoms with van der Waals surface area (Å²) in [4.78, 5) is 23.0. The van der Waals surface area contributed by atoms with E-state index in [2.05, 4.69) is 24.5 Å². The molecule has 0 spiro atoms. The van der Waals surface area contributed by atoms with Crippen molar-refractivity contribution in [1.82, 2.24) is 10.6 Å². The second-order valence-electron chi connectivity index (χ2n) is 6.38. The van der Waals surface area contributed by atoms with E-state index in [-0.39, 0.29) is 11.8 Å². The zero-order chi connectivity index (χ0) is 17.2. The van der Waals surface area contributed by atoms with E-state index < -0.39 is 0 Å². The van der Waals surface area contributed by atoms with Crippen molar-refractivity contribution in [3.63, 3.8) is 0 Å². The molecule has 4 nitrogen and oxygen atoms in total. The summed E-state index contributed by atoms with van der Waals surface area (Å²) in [5.41, 5.74) is 0. The van der Waals surface area contributed by atoms with Crippen LogP contribution in [0.5, 0.6) is 0 Å². The fourth-order valence-corrected chi connectivity index (χ4v) is 2.48. The lowest BCUT2D eigenvalue weighted by Gasteiger charge is -2.06. The van der Waals surface area contributed by atoms with Gasteiger partial charge in [0.05, 0.1) is 0 Å². The molecule has 136 valence electrons. The Morgan fingerprint density at radius 3 is 1.35 bits per heavy atom. The Morgan fingerprint density at radius 1 is 0.565 bits per heavy atom. The third-order valence-corrected chi connectivity index (χ3v) is 4.01. The summed E-state index contributed by atoms with van der Waals surface area (Å²) in [6.07, 6.45) is 13.6. The molecule has 2 N–H and O–H groups in total. The minimum absolute atomic E-state index is 0.198. The first-order valence-electron chi connectivity index (χ1n) is 9.74. The lowest BCUT2D eigenvalue weighted by atomic mass is 10.1. The van der Waals surface area contributed by atoms with Crippen molar-refractivity contribution in [2.24, 2.45) is 0 Å². The highest BCUT2D eigenvalue weighted by Gasteiger charge is 2.01. The van der Waals surface area contributed by atoms with Crippen LogP contribution in [-0.4, -0.2) is 24.9 Å². The van der Waals surface area contributed by atoms with Crippen molar-refractivity contribution in [1.29, 1.82) is 0 Å². The Hall–Kier alpha value is -1.06. The fourth-order valence-electron chi connectivity index (χ4n) is 2.48. The summed E-state index contributed by atoms with van der Waals surface area (Å²) >= 11 is 0. The Morgan fingerprint density at radius 2 is 0.957 bits per heavy atom. The third kappa shape index (κ3) is 17.1. The lowest BCUT2D eigenvalue weighted by molar-refractivity contribution is -0.122. The maximum atomic E-state index is 11.5. The number of rotatable bonds is 16. The Balaban J connectivity index is 3.21. The molecule has 0 atom stereocenters. The normalized spacial score (nSPS) is 10.5. The van der Waals surface area contributed by atoms with E-state index in [9.17, 15) is 9.59 Å². The van der Waals surface area contributed by atoms with Crippen LogP contribution in [0.2, 0.25) is 0 Å². The van der Waals surface area contributed by atoms with Gasteiger partial charge >= 0.3 is 0 Å². The molecular weight excluding hydrogens is 288 g/mol. The molecule has 23 heavy (non-hydrogen) atoms. The summed E-state index contributed by atoms with van der Waals surface area (Å²) in [5, 5.41) is 5.97. The molecule has 0 fully saturated rings. The van der Waals surface area contributed by atoms with Crippen molar-refractivity contribution in [2.45, 2.75) is 97.3 Å². The van der Waals surface area contributed by atoms with E-state index in [1.54, 1.807) is 0 Å². The molecule has 0 aliphatic carbocycles. The SMILES string of the molecule is CCCCCC(=O)NCCCCCCCNC(=O)CCCCC. The van der Waals surface area contributed by atoms with Gasteiger partial charge in [-0.2, -0.15) is 0 Å². The highest BCUT2D eigenvalue weighted by molar-refractivity contribution is 5.76. The first-order valence-corrected chi connectivity index (χ1v) is 9.74. The van der Waals surface area contributed by atoms with E-state index in [1.807, 2.05) is 0 Å². The van der Waals surface area contributed by atoms with E-state index in [0.29, 0.717) is 12.8 Å². The van der Waals surface area contributed by atoms with Gasteiger partial charge < -0.3 is 10.6 Å². The Labute approximate surface area is 143 Å². The smallest absolute Gasteiger partial charge is 0.219 e. The zero-order valence-electron chi connectivity index (χ0n) is 15.4. The minimum atomic E-state index is 0.198. The van der Waals surface area contributed by atoms with Crippen molar-refractivity contribution in [3.05, 3.63) is 0 Å². The average Bonchev–Trinajstić information content (AvgIpc) is 2.53. The van der Waals surface area contributed by atoms with Gasteiger partial charge in [-0.25, -0.2) is 0 Å². The summed E-state index contributed by atoms with van der Waals surface area (Å²) in [6.45, 7) is 5.91. The van der Waals surface area contributed by atoms with Crippen LogP contribution in [-0.2, 0) is 9.59 Å². The molecule has 0 radical (unpaired) electrons. The molecule has 0 aromatic heterocycles. The topological polar surface area (TPSA) is 58.2 Å². The predicted octanol–water partition coefficient (Wildman–Crippen LogP) is 4.33. The number of hydrogen-bond donors (Lipinski definition) is 2. The molecule has 0 saturated heterocycles. The van der Waals surface area contributed by atoms with Crippen molar-refractivity contribution in [2.75, 3.05) is 13.1 Å². The number of amides is 2. The molecule has 2 amide bonds. The molecule has 0 bridgehead atoms. The van der Waals surface area contributed by atoms with Gasteiger partial charge in [-0.15, -0.1) is 0 Å².